The SMILES string of the molecule is COc1ccc2c(c1)C13OCCC1(CC=C3C)N2C. The fourth-order valence-corrected chi connectivity index (χ4v) is 4.40. The van der Waals surface area contributed by atoms with Crippen molar-refractivity contribution in [3.63, 3.8) is 0 Å². The molecule has 3 aliphatic rings. The van der Waals surface area contributed by atoms with Crippen LogP contribution in [0.15, 0.2) is 29.8 Å². The molecule has 1 saturated heterocycles. The highest BCUT2D eigenvalue weighted by molar-refractivity contribution is 5.72. The molecule has 1 fully saturated rings. The van der Waals surface area contributed by atoms with Crippen LogP contribution in [0, 0.1) is 0 Å². The van der Waals surface area contributed by atoms with Gasteiger partial charge in [0.15, 0.2) is 0 Å². The summed E-state index contributed by atoms with van der Waals surface area (Å²) in [4.78, 5) is 2.43. The van der Waals surface area contributed by atoms with Gasteiger partial charge in [-0.15, -0.1) is 0 Å². The fraction of sp³-hybridized carbons (Fsp3) is 0.500. The molecule has 3 heteroatoms. The minimum Gasteiger partial charge on any atom is -0.497 e. The highest BCUT2D eigenvalue weighted by atomic mass is 16.5. The third kappa shape index (κ3) is 1.02. The zero-order valence-corrected chi connectivity index (χ0v) is 11.7. The highest BCUT2D eigenvalue weighted by Gasteiger charge is 2.67. The summed E-state index contributed by atoms with van der Waals surface area (Å²) >= 11 is 0. The van der Waals surface area contributed by atoms with Gasteiger partial charge < -0.3 is 14.4 Å². The minimum absolute atomic E-state index is 0.0891. The number of anilines is 1. The Morgan fingerprint density at radius 2 is 2.21 bits per heavy atom. The van der Waals surface area contributed by atoms with E-state index in [1.807, 2.05) is 6.07 Å². The quantitative estimate of drug-likeness (QED) is 0.722. The van der Waals surface area contributed by atoms with Crippen LogP contribution in [0.2, 0.25) is 0 Å². The van der Waals surface area contributed by atoms with Crippen molar-refractivity contribution in [3.8, 4) is 5.75 Å². The van der Waals surface area contributed by atoms with Crippen LogP contribution in [0.4, 0.5) is 5.69 Å². The molecule has 100 valence electrons. The number of rotatable bonds is 1. The molecule has 0 radical (unpaired) electrons. The van der Waals surface area contributed by atoms with Crippen LogP contribution in [0.5, 0.6) is 5.75 Å². The molecule has 1 aromatic rings. The van der Waals surface area contributed by atoms with Crippen LogP contribution in [-0.2, 0) is 10.3 Å². The average molecular weight is 257 g/mol. The summed E-state index contributed by atoms with van der Waals surface area (Å²) in [6.45, 7) is 3.04. The van der Waals surface area contributed by atoms with E-state index in [2.05, 4.69) is 37.1 Å². The molecule has 19 heavy (non-hydrogen) atoms. The third-order valence-corrected chi connectivity index (χ3v) is 5.38. The molecule has 2 aliphatic heterocycles. The molecule has 4 rings (SSSR count). The van der Waals surface area contributed by atoms with Gasteiger partial charge in [0.2, 0.25) is 0 Å². The Kier molecular flexibility index (Phi) is 2.00. The smallest absolute Gasteiger partial charge is 0.139 e. The molecule has 3 nitrogen and oxygen atoms in total. The van der Waals surface area contributed by atoms with Crippen molar-refractivity contribution in [2.24, 2.45) is 0 Å². The Hall–Kier alpha value is -1.48. The van der Waals surface area contributed by atoms with Crippen LogP contribution in [0.25, 0.3) is 0 Å². The van der Waals surface area contributed by atoms with Gasteiger partial charge in [-0.2, -0.15) is 0 Å². The molecular formula is C16H19NO2. The Balaban J connectivity index is 2.02. The van der Waals surface area contributed by atoms with Gasteiger partial charge in [-0.1, -0.05) is 6.08 Å². The average Bonchev–Trinajstić information content (AvgIpc) is 3.00. The van der Waals surface area contributed by atoms with Crippen molar-refractivity contribution in [1.82, 2.24) is 0 Å². The molecule has 0 aromatic heterocycles. The number of likely N-dealkylation sites (N-methyl/N-ethyl adjacent to an activating group) is 1. The summed E-state index contributed by atoms with van der Waals surface area (Å²) in [5, 5.41) is 0. The van der Waals surface area contributed by atoms with Crippen molar-refractivity contribution in [2.45, 2.75) is 30.9 Å². The second-order valence-electron chi connectivity index (χ2n) is 5.84. The van der Waals surface area contributed by atoms with E-state index in [1.165, 1.54) is 16.8 Å². The molecule has 0 N–H and O–H groups in total. The maximum Gasteiger partial charge on any atom is 0.139 e. The molecule has 0 saturated carbocycles. The van der Waals surface area contributed by atoms with E-state index in [0.29, 0.717) is 0 Å². The van der Waals surface area contributed by atoms with Crippen LogP contribution in [0.3, 0.4) is 0 Å². The molecule has 0 spiro atoms. The Morgan fingerprint density at radius 1 is 1.37 bits per heavy atom. The standard InChI is InChI=1S/C16H19NO2/c1-11-6-7-15-8-9-19-16(11,15)13-10-12(18-3)4-5-14(13)17(15)2/h4-6,10H,7-9H2,1-3H3. The van der Waals surface area contributed by atoms with E-state index in [4.69, 9.17) is 9.47 Å². The monoisotopic (exact) mass is 257 g/mol. The number of nitrogens with zero attached hydrogens (tertiary/aromatic N) is 1. The van der Waals surface area contributed by atoms with Gasteiger partial charge in [0.1, 0.15) is 11.4 Å². The largest absolute Gasteiger partial charge is 0.497 e. The fourth-order valence-electron chi connectivity index (χ4n) is 4.40. The lowest BCUT2D eigenvalue weighted by Crippen LogP contribution is -2.51. The van der Waals surface area contributed by atoms with Crippen LogP contribution < -0.4 is 9.64 Å². The Labute approximate surface area is 113 Å². The van der Waals surface area contributed by atoms with Gasteiger partial charge in [0.05, 0.1) is 19.3 Å². The molecular weight excluding hydrogens is 238 g/mol. The maximum atomic E-state index is 6.32. The molecule has 1 aromatic carbocycles. The normalized spacial score (nSPS) is 34.9. The van der Waals surface area contributed by atoms with Crippen LogP contribution in [-0.4, -0.2) is 26.3 Å². The van der Waals surface area contributed by atoms with E-state index in [-0.39, 0.29) is 11.1 Å². The number of methoxy groups -OCH3 is 1. The van der Waals surface area contributed by atoms with Crippen LogP contribution in [0.1, 0.15) is 25.3 Å². The summed E-state index contributed by atoms with van der Waals surface area (Å²) in [5.74, 6) is 0.910. The van der Waals surface area contributed by atoms with E-state index in [9.17, 15) is 0 Å². The maximum absolute atomic E-state index is 6.32. The van der Waals surface area contributed by atoms with Gasteiger partial charge in [0.25, 0.3) is 0 Å². The number of hydrogen-bond donors (Lipinski definition) is 0. The van der Waals surface area contributed by atoms with Crippen molar-refractivity contribution in [3.05, 3.63) is 35.4 Å². The third-order valence-electron chi connectivity index (χ3n) is 5.38. The second-order valence-corrected chi connectivity index (χ2v) is 5.84. The first-order chi connectivity index (χ1) is 9.15. The van der Waals surface area contributed by atoms with Crippen molar-refractivity contribution in [2.75, 3.05) is 25.7 Å². The van der Waals surface area contributed by atoms with Gasteiger partial charge in [-0.25, -0.2) is 0 Å². The lowest BCUT2D eigenvalue weighted by Gasteiger charge is -2.39. The molecule has 2 atom stereocenters. The lowest BCUT2D eigenvalue weighted by molar-refractivity contribution is 0.0128. The first kappa shape index (κ1) is 11.4. The van der Waals surface area contributed by atoms with Gasteiger partial charge in [-0.05, 0) is 43.5 Å². The summed E-state index contributed by atoms with van der Waals surface area (Å²) in [6.07, 6.45) is 4.51. The molecule has 2 heterocycles. The summed E-state index contributed by atoms with van der Waals surface area (Å²) in [6, 6.07) is 6.36. The summed E-state index contributed by atoms with van der Waals surface area (Å²) in [5.41, 5.74) is 3.76. The van der Waals surface area contributed by atoms with Gasteiger partial charge in [0, 0.05) is 18.3 Å². The predicted octanol–water partition coefficient (Wildman–Crippen LogP) is 2.85. The molecule has 0 amide bonds. The number of benzene rings is 1. The highest BCUT2D eigenvalue weighted by Crippen LogP contribution is 2.64. The number of fused-ring (bicyclic) bond motifs is 1. The topological polar surface area (TPSA) is 21.7 Å². The number of hydrogen-bond acceptors (Lipinski definition) is 3. The Morgan fingerprint density at radius 3 is 3.00 bits per heavy atom. The van der Waals surface area contributed by atoms with E-state index in [1.54, 1.807) is 7.11 Å². The number of ether oxygens (including phenoxy) is 2. The molecule has 0 bridgehead atoms. The summed E-state index contributed by atoms with van der Waals surface area (Å²) < 4.78 is 11.7. The minimum atomic E-state index is -0.244. The predicted molar refractivity (Wildman–Crippen MR) is 74.7 cm³/mol. The first-order valence-electron chi connectivity index (χ1n) is 6.89. The zero-order valence-electron chi connectivity index (χ0n) is 11.7. The van der Waals surface area contributed by atoms with Crippen molar-refractivity contribution in [1.29, 1.82) is 0 Å². The molecule has 2 unspecified atom stereocenters. The van der Waals surface area contributed by atoms with Gasteiger partial charge >= 0.3 is 0 Å². The van der Waals surface area contributed by atoms with E-state index >= 15 is 0 Å². The Bertz CT molecular complexity index is 594. The van der Waals surface area contributed by atoms with E-state index in [0.717, 1.165) is 25.2 Å². The second kappa shape index (κ2) is 3.34. The molecule has 1 aliphatic carbocycles. The van der Waals surface area contributed by atoms with E-state index < -0.39 is 0 Å². The van der Waals surface area contributed by atoms with Gasteiger partial charge in [-0.3, -0.25) is 0 Å². The zero-order chi connectivity index (χ0) is 13.3. The summed E-state index contributed by atoms with van der Waals surface area (Å²) in [7, 11) is 3.92. The first-order valence-corrected chi connectivity index (χ1v) is 6.89. The van der Waals surface area contributed by atoms with Crippen LogP contribution >= 0.6 is 0 Å². The van der Waals surface area contributed by atoms with Crippen molar-refractivity contribution >= 4 is 5.69 Å². The lowest BCUT2D eigenvalue weighted by atomic mass is 9.77. The van der Waals surface area contributed by atoms with Crippen molar-refractivity contribution < 1.29 is 9.47 Å².